The number of nitrogens with two attached hydrogens (primary N) is 1. The van der Waals surface area contributed by atoms with Crippen molar-refractivity contribution in [1.82, 2.24) is 24.5 Å². The molecular weight excluding hydrogens is 459 g/mol. The predicted octanol–water partition coefficient (Wildman–Crippen LogP) is 2.08. The van der Waals surface area contributed by atoms with Crippen LogP contribution in [0.15, 0.2) is 52.0 Å². The standard InChI is InChI=1S/C22H25FN8O2S/c1-34(32)15-4-5-18(16(23)13-15)30-10-8-29(9-11-30)7-6-25-22-26-20-14-17(19-3-2-12-33-19)28-31(20)21(24)27-22/h2-5,12-14H,6-11H2,1H3,(H3,24,25,26,27). The van der Waals surface area contributed by atoms with E-state index in [0.29, 0.717) is 53.3 Å². The van der Waals surface area contributed by atoms with E-state index in [-0.39, 0.29) is 11.8 Å². The minimum absolute atomic E-state index is 0.235. The zero-order valence-corrected chi connectivity index (χ0v) is 19.5. The van der Waals surface area contributed by atoms with Crippen molar-refractivity contribution in [2.24, 2.45) is 0 Å². The lowest BCUT2D eigenvalue weighted by Gasteiger charge is -2.36. The molecule has 178 valence electrons. The normalized spacial score (nSPS) is 15.6. The van der Waals surface area contributed by atoms with Crippen molar-refractivity contribution in [2.75, 3.05) is 61.5 Å². The van der Waals surface area contributed by atoms with Crippen LogP contribution in [0, 0.1) is 5.82 Å². The SMILES string of the molecule is CS(=O)c1ccc(N2CCN(CCNc3nc(N)n4nc(-c5ccco5)cc4n3)CC2)c(F)c1. The Morgan fingerprint density at radius 1 is 1.18 bits per heavy atom. The number of rotatable bonds is 7. The summed E-state index contributed by atoms with van der Waals surface area (Å²) in [5, 5.41) is 7.62. The molecule has 0 spiro atoms. The maximum absolute atomic E-state index is 14.5. The first-order chi connectivity index (χ1) is 16.5. The number of fused-ring (bicyclic) bond motifs is 1. The number of furan rings is 1. The van der Waals surface area contributed by atoms with Gasteiger partial charge in [-0.2, -0.15) is 19.6 Å². The zero-order chi connectivity index (χ0) is 23.7. The van der Waals surface area contributed by atoms with E-state index in [0.717, 1.165) is 19.6 Å². The Labute approximate surface area is 198 Å². The van der Waals surface area contributed by atoms with E-state index in [9.17, 15) is 8.60 Å². The summed E-state index contributed by atoms with van der Waals surface area (Å²) in [6.07, 6.45) is 3.13. The van der Waals surface area contributed by atoms with E-state index in [1.54, 1.807) is 36.8 Å². The molecule has 1 aromatic carbocycles. The Hall–Kier alpha value is -3.51. The molecule has 0 bridgehead atoms. The fraction of sp³-hybridized carbons (Fsp3) is 0.318. The van der Waals surface area contributed by atoms with Crippen LogP contribution < -0.4 is 16.0 Å². The summed E-state index contributed by atoms with van der Waals surface area (Å²) in [6, 6.07) is 10.2. The smallest absolute Gasteiger partial charge is 0.228 e. The van der Waals surface area contributed by atoms with Crippen molar-refractivity contribution in [1.29, 1.82) is 0 Å². The van der Waals surface area contributed by atoms with Crippen molar-refractivity contribution >= 4 is 34.0 Å². The number of anilines is 3. The second kappa shape index (κ2) is 9.39. The first-order valence-electron chi connectivity index (χ1n) is 10.9. The lowest BCUT2D eigenvalue weighted by atomic mass is 10.2. The highest BCUT2D eigenvalue weighted by atomic mass is 32.2. The van der Waals surface area contributed by atoms with Crippen molar-refractivity contribution < 1.29 is 13.0 Å². The molecule has 1 aliphatic heterocycles. The lowest BCUT2D eigenvalue weighted by molar-refractivity contribution is 0.266. The van der Waals surface area contributed by atoms with Crippen molar-refractivity contribution in [3.63, 3.8) is 0 Å². The average Bonchev–Trinajstić information content (AvgIpc) is 3.50. The van der Waals surface area contributed by atoms with Crippen molar-refractivity contribution in [3.05, 3.63) is 48.5 Å². The van der Waals surface area contributed by atoms with Gasteiger partial charge in [0.2, 0.25) is 11.9 Å². The Morgan fingerprint density at radius 3 is 2.71 bits per heavy atom. The topological polar surface area (TPSA) is 118 Å². The van der Waals surface area contributed by atoms with Gasteiger partial charge >= 0.3 is 0 Å². The predicted molar refractivity (Wildman–Crippen MR) is 129 cm³/mol. The second-order valence-corrected chi connectivity index (χ2v) is 9.38. The minimum atomic E-state index is -1.19. The van der Waals surface area contributed by atoms with Gasteiger partial charge in [0.1, 0.15) is 11.5 Å². The van der Waals surface area contributed by atoms with Gasteiger partial charge in [0.05, 0.1) is 12.0 Å². The molecule has 3 N–H and O–H groups in total. The molecule has 1 saturated heterocycles. The van der Waals surface area contributed by atoms with Gasteiger partial charge in [-0.1, -0.05) is 0 Å². The second-order valence-electron chi connectivity index (χ2n) is 8.01. The molecule has 1 aliphatic rings. The molecule has 4 aromatic rings. The number of hydrogen-bond acceptors (Lipinski definition) is 9. The first-order valence-corrected chi connectivity index (χ1v) is 12.4. The Bertz CT molecular complexity index is 1320. The number of nitrogens with zero attached hydrogens (tertiary/aromatic N) is 6. The molecule has 0 amide bonds. The van der Waals surface area contributed by atoms with Gasteiger partial charge in [-0.05, 0) is 30.3 Å². The molecule has 12 heteroatoms. The molecule has 1 unspecified atom stereocenters. The summed E-state index contributed by atoms with van der Waals surface area (Å²) in [5.41, 5.74) is 7.83. The zero-order valence-electron chi connectivity index (χ0n) is 18.6. The highest BCUT2D eigenvalue weighted by molar-refractivity contribution is 7.84. The fourth-order valence-electron chi connectivity index (χ4n) is 3.99. The third-order valence-corrected chi connectivity index (χ3v) is 6.72. The van der Waals surface area contributed by atoms with Gasteiger partial charge in [0.25, 0.3) is 0 Å². The first kappa shape index (κ1) is 22.3. The molecule has 0 saturated carbocycles. The van der Waals surface area contributed by atoms with E-state index in [4.69, 9.17) is 10.2 Å². The van der Waals surface area contributed by atoms with Crippen molar-refractivity contribution in [2.45, 2.75) is 4.90 Å². The van der Waals surface area contributed by atoms with Crippen LogP contribution in [0.1, 0.15) is 0 Å². The molecular formula is C22H25FN8O2S. The van der Waals surface area contributed by atoms with Crippen LogP contribution in [0.2, 0.25) is 0 Å². The summed E-state index contributed by atoms with van der Waals surface area (Å²) in [6.45, 7) is 4.47. The van der Waals surface area contributed by atoms with Crippen LogP contribution in [-0.2, 0) is 10.8 Å². The van der Waals surface area contributed by atoms with Crippen LogP contribution >= 0.6 is 0 Å². The van der Waals surface area contributed by atoms with E-state index in [1.807, 2.05) is 11.0 Å². The summed E-state index contributed by atoms with van der Waals surface area (Å²) in [4.78, 5) is 13.6. The number of piperazine rings is 1. The Kier molecular flexibility index (Phi) is 6.16. The summed E-state index contributed by atoms with van der Waals surface area (Å²) < 4.78 is 32.9. The third-order valence-electron chi connectivity index (χ3n) is 5.80. The van der Waals surface area contributed by atoms with Crippen LogP contribution in [-0.4, -0.2) is 74.2 Å². The molecule has 1 fully saturated rings. The molecule has 0 aliphatic carbocycles. The monoisotopic (exact) mass is 484 g/mol. The Morgan fingerprint density at radius 2 is 2.00 bits per heavy atom. The van der Waals surface area contributed by atoms with Gasteiger partial charge in [-0.25, -0.2) is 4.39 Å². The van der Waals surface area contributed by atoms with E-state index in [1.165, 1.54) is 10.6 Å². The van der Waals surface area contributed by atoms with Crippen LogP contribution in [0.25, 0.3) is 17.1 Å². The molecule has 1 atom stereocenters. The molecule has 4 heterocycles. The summed E-state index contributed by atoms with van der Waals surface area (Å²) in [5.74, 6) is 0.974. The average molecular weight is 485 g/mol. The maximum Gasteiger partial charge on any atom is 0.228 e. The number of halogens is 1. The summed E-state index contributed by atoms with van der Waals surface area (Å²) >= 11 is 0. The number of nitrogen functional groups attached to an aromatic ring is 1. The third kappa shape index (κ3) is 4.59. The largest absolute Gasteiger partial charge is 0.463 e. The van der Waals surface area contributed by atoms with E-state index in [2.05, 4.69) is 25.3 Å². The quantitative estimate of drug-likeness (QED) is 0.406. The lowest BCUT2D eigenvalue weighted by Crippen LogP contribution is -2.48. The molecule has 3 aromatic heterocycles. The van der Waals surface area contributed by atoms with Gasteiger partial charge in [-0.3, -0.25) is 9.11 Å². The highest BCUT2D eigenvalue weighted by Gasteiger charge is 2.20. The number of benzene rings is 1. The van der Waals surface area contributed by atoms with Gasteiger partial charge in [-0.15, -0.1) is 0 Å². The van der Waals surface area contributed by atoms with Crippen LogP contribution in [0.5, 0.6) is 0 Å². The van der Waals surface area contributed by atoms with E-state index >= 15 is 0 Å². The number of aromatic nitrogens is 4. The van der Waals surface area contributed by atoms with Gasteiger partial charge in [0, 0.05) is 67.3 Å². The van der Waals surface area contributed by atoms with E-state index < -0.39 is 10.8 Å². The van der Waals surface area contributed by atoms with Crippen LogP contribution in [0.4, 0.5) is 22.0 Å². The van der Waals surface area contributed by atoms with Crippen molar-refractivity contribution in [3.8, 4) is 11.5 Å². The van der Waals surface area contributed by atoms with Gasteiger partial charge < -0.3 is 20.4 Å². The molecule has 0 radical (unpaired) electrons. The molecule has 5 rings (SSSR count). The molecule has 34 heavy (non-hydrogen) atoms. The minimum Gasteiger partial charge on any atom is -0.463 e. The fourth-order valence-corrected chi connectivity index (χ4v) is 4.52. The molecule has 10 nitrogen and oxygen atoms in total. The van der Waals surface area contributed by atoms with Crippen LogP contribution in [0.3, 0.4) is 0 Å². The number of hydrogen-bond donors (Lipinski definition) is 2. The van der Waals surface area contributed by atoms with Gasteiger partial charge in [0.15, 0.2) is 11.4 Å². The Balaban J connectivity index is 1.15. The summed E-state index contributed by atoms with van der Waals surface area (Å²) in [7, 11) is -1.19. The highest BCUT2D eigenvalue weighted by Crippen LogP contribution is 2.23. The number of nitrogens with one attached hydrogen (secondary N) is 1. The maximum atomic E-state index is 14.5.